The Labute approximate surface area is 103 Å². The van der Waals surface area contributed by atoms with Crippen molar-refractivity contribution >= 4 is 11.4 Å². The molecule has 3 heteroatoms. The summed E-state index contributed by atoms with van der Waals surface area (Å²) in [4.78, 5) is 2.15. The second-order valence-electron chi connectivity index (χ2n) is 5.01. The Balaban J connectivity index is 2.13. The lowest BCUT2D eigenvalue weighted by Crippen LogP contribution is -2.30. The number of nitrogens with zero attached hydrogens (tertiary/aromatic N) is 1. The summed E-state index contributed by atoms with van der Waals surface area (Å²) in [5.41, 5.74) is 1.61. The Morgan fingerprint density at radius 2 is 1.88 bits per heavy atom. The summed E-state index contributed by atoms with van der Waals surface area (Å²) in [6, 6.07) is 5.79. The fraction of sp³-hybridized carbons (Fsp3) is 0.571. The van der Waals surface area contributed by atoms with Gasteiger partial charge in [0, 0.05) is 24.8 Å². The molecule has 1 saturated heterocycles. The number of piperidine rings is 1. The van der Waals surface area contributed by atoms with E-state index in [1.54, 1.807) is 6.07 Å². The van der Waals surface area contributed by atoms with Crippen LogP contribution in [-0.4, -0.2) is 19.1 Å². The standard InChI is InChI=1S/C14H21FN2/c1-11(2)16-12-6-7-14(13(15)10-12)17-8-4-3-5-9-17/h6-7,10-11,16H,3-5,8-9H2,1-2H3. The van der Waals surface area contributed by atoms with Crippen molar-refractivity contribution in [1.82, 2.24) is 0 Å². The Morgan fingerprint density at radius 1 is 1.18 bits per heavy atom. The molecule has 1 heterocycles. The molecular formula is C14H21FN2. The van der Waals surface area contributed by atoms with Crippen molar-refractivity contribution in [3.8, 4) is 0 Å². The molecule has 1 fully saturated rings. The normalized spacial score (nSPS) is 16.4. The topological polar surface area (TPSA) is 15.3 Å². The van der Waals surface area contributed by atoms with Gasteiger partial charge in [0.15, 0.2) is 0 Å². The van der Waals surface area contributed by atoms with E-state index in [-0.39, 0.29) is 5.82 Å². The zero-order valence-electron chi connectivity index (χ0n) is 10.7. The molecular weight excluding hydrogens is 215 g/mol. The molecule has 0 amide bonds. The molecule has 1 aliphatic heterocycles. The van der Waals surface area contributed by atoms with Crippen LogP contribution in [0.4, 0.5) is 15.8 Å². The largest absolute Gasteiger partial charge is 0.383 e. The minimum Gasteiger partial charge on any atom is -0.383 e. The van der Waals surface area contributed by atoms with E-state index in [9.17, 15) is 4.39 Å². The second-order valence-corrected chi connectivity index (χ2v) is 5.01. The molecule has 0 radical (unpaired) electrons. The molecule has 0 atom stereocenters. The fourth-order valence-corrected chi connectivity index (χ4v) is 2.32. The molecule has 0 bridgehead atoms. The van der Waals surface area contributed by atoms with Gasteiger partial charge in [-0.1, -0.05) is 0 Å². The predicted octanol–water partition coefficient (Wildman–Crippen LogP) is 3.64. The first-order valence-electron chi connectivity index (χ1n) is 6.48. The molecule has 0 aliphatic carbocycles. The van der Waals surface area contributed by atoms with Crippen LogP contribution in [0.25, 0.3) is 0 Å². The summed E-state index contributed by atoms with van der Waals surface area (Å²) in [7, 11) is 0. The van der Waals surface area contributed by atoms with Crippen LogP contribution in [0, 0.1) is 5.82 Å². The van der Waals surface area contributed by atoms with E-state index < -0.39 is 0 Å². The maximum atomic E-state index is 14.0. The quantitative estimate of drug-likeness (QED) is 0.862. The van der Waals surface area contributed by atoms with E-state index in [2.05, 4.69) is 24.1 Å². The SMILES string of the molecule is CC(C)Nc1ccc(N2CCCCC2)c(F)c1. The first kappa shape index (κ1) is 12.2. The van der Waals surface area contributed by atoms with Gasteiger partial charge in [0.1, 0.15) is 5.82 Å². The van der Waals surface area contributed by atoms with Crippen molar-refractivity contribution in [2.24, 2.45) is 0 Å². The maximum Gasteiger partial charge on any atom is 0.148 e. The van der Waals surface area contributed by atoms with Crippen LogP contribution in [0.2, 0.25) is 0 Å². The minimum atomic E-state index is -0.113. The number of halogens is 1. The van der Waals surface area contributed by atoms with E-state index in [1.165, 1.54) is 19.3 Å². The average molecular weight is 236 g/mol. The number of benzene rings is 1. The average Bonchev–Trinajstić information content (AvgIpc) is 2.29. The van der Waals surface area contributed by atoms with Gasteiger partial charge in [-0.3, -0.25) is 0 Å². The third kappa shape index (κ3) is 3.11. The Kier molecular flexibility index (Phi) is 3.87. The van der Waals surface area contributed by atoms with Crippen LogP contribution < -0.4 is 10.2 Å². The third-order valence-electron chi connectivity index (χ3n) is 3.10. The number of nitrogens with one attached hydrogen (secondary N) is 1. The van der Waals surface area contributed by atoms with Gasteiger partial charge in [-0.15, -0.1) is 0 Å². The van der Waals surface area contributed by atoms with Gasteiger partial charge in [0.2, 0.25) is 0 Å². The van der Waals surface area contributed by atoms with E-state index in [0.717, 1.165) is 24.5 Å². The van der Waals surface area contributed by atoms with Crippen molar-refractivity contribution in [1.29, 1.82) is 0 Å². The van der Waals surface area contributed by atoms with Crippen LogP contribution in [0.1, 0.15) is 33.1 Å². The number of anilines is 2. The Hall–Kier alpha value is -1.25. The highest BCUT2D eigenvalue weighted by Gasteiger charge is 2.14. The summed E-state index contributed by atoms with van der Waals surface area (Å²) in [5, 5.41) is 3.22. The molecule has 0 aromatic heterocycles. The van der Waals surface area contributed by atoms with Gasteiger partial charge in [0.25, 0.3) is 0 Å². The maximum absolute atomic E-state index is 14.0. The smallest absolute Gasteiger partial charge is 0.148 e. The number of hydrogen-bond donors (Lipinski definition) is 1. The van der Waals surface area contributed by atoms with Crippen LogP contribution in [0.5, 0.6) is 0 Å². The molecule has 94 valence electrons. The van der Waals surface area contributed by atoms with E-state index in [4.69, 9.17) is 0 Å². The molecule has 17 heavy (non-hydrogen) atoms. The van der Waals surface area contributed by atoms with Crippen LogP contribution in [-0.2, 0) is 0 Å². The van der Waals surface area contributed by atoms with Crippen molar-refractivity contribution in [2.45, 2.75) is 39.2 Å². The lowest BCUT2D eigenvalue weighted by Gasteiger charge is -2.29. The molecule has 1 aliphatic rings. The zero-order chi connectivity index (χ0) is 12.3. The van der Waals surface area contributed by atoms with Crippen molar-refractivity contribution in [2.75, 3.05) is 23.3 Å². The summed E-state index contributed by atoms with van der Waals surface area (Å²) in [6.45, 7) is 6.06. The Bertz CT molecular complexity index is 370. The Morgan fingerprint density at radius 3 is 2.47 bits per heavy atom. The van der Waals surface area contributed by atoms with Crippen molar-refractivity contribution in [3.05, 3.63) is 24.0 Å². The van der Waals surface area contributed by atoms with Gasteiger partial charge in [-0.2, -0.15) is 0 Å². The highest BCUT2D eigenvalue weighted by molar-refractivity contribution is 5.56. The van der Waals surface area contributed by atoms with Crippen molar-refractivity contribution < 1.29 is 4.39 Å². The lowest BCUT2D eigenvalue weighted by molar-refractivity contribution is 0.557. The minimum absolute atomic E-state index is 0.113. The first-order chi connectivity index (χ1) is 8.16. The van der Waals surface area contributed by atoms with Crippen molar-refractivity contribution in [3.63, 3.8) is 0 Å². The highest BCUT2D eigenvalue weighted by Crippen LogP contribution is 2.25. The summed E-state index contributed by atoms with van der Waals surface area (Å²) < 4.78 is 14.0. The fourth-order valence-electron chi connectivity index (χ4n) is 2.32. The molecule has 1 aromatic rings. The third-order valence-corrected chi connectivity index (χ3v) is 3.10. The number of hydrogen-bond acceptors (Lipinski definition) is 2. The number of rotatable bonds is 3. The lowest BCUT2D eigenvalue weighted by atomic mass is 10.1. The van der Waals surface area contributed by atoms with Crippen LogP contribution in [0.3, 0.4) is 0 Å². The van der Waals surface area contributed by atoms with Gasteiger partial charge in [-0.25, -0.2) is 4.39 Å². The van der Waals surface area contributed by atoms with E-state index in [1.807, 2.05) is 12.1 Å². The monoisotopic (exact) mass is 236 g/mol. The second kappa shape index (κ2) is 5.39. The summed E-state index contributed by atoms with van der Waals surface area (Å²) in [6.07, 6.45) is 3.61. The zero-order valence-corrected chi connectivity index (χ0v) is 10.7. The van der Waals surface area contributed by atoms with Gasteiger partial charge < -0.3 is 10.2 Å². The van der Waals surface area contributed by atoms with Gasteiger partial charge >= 0.3 is 0 Å². The highest BCUT2D eigenvalue weighted by atomic mass is 19.1. The molecule has 1 aromatic carbocycles. The molecule has 0 unspecified atom stereocenters. The first-order valence-corrected chi connectivity index (χ1v) is 6.48. The summed E-state index contributed by atoms with van der Waals surface area (Å²) >= 11 is 0. The molecule has 1 N–H and O–H groups in total. The summed E-state index contributed by atoms with van der Waals surface area (Å²) in [5.74, 6) is -0.113. The van der Waals surface area contributed by atoms with Crippen LogP contribution in [0.15, 0.2) is 18.2 Å². The van der Waals surface area contributed by atoms with Gasteiger partial charge in [-0.05, 0) is 51.3 Å². The molecule has 2 rings (SSSR count). The van der Waals surface area contributed by atoms with E-state index >= 15 is 0 Å². The van der Waals surface area contributed by atoms with Gasteiger partial charge in [0.05, 0.1) is 5.69 Å². The molecule has 0 spiro atoms. The van der Waals surface area contributed by atoms with E-state index in [0.29, 0.717) is 6.04 Å². The predicted molar refractivity (Wildman–Crippen MR) is 71.2 cm³/mol. The molecule has 0 saturated carbocycles. The molecule has 2 nitrogen and oxygen atoms in total. The van der Waals surface area contributed by atoms with Crippen LogP contribution >= 0.6 is 0 Å².